The molecule has 0 saturated heterocycles. The van der Waals surface area contributed by atoms with E-state index in [0.717, 1.165) is 32.1 Å². The van der Waals surface area contributed by atoms with Crippen LogP contribution >= 0.6 is 0 Å². The molecule has 20 heavy (non-hydrogen) atoms. The molecule has 0 aliphatic carbocycles. The van der Waals surface area contributed by atoms with Crippen molar-refractivity contribution in [1.82, 2.24) is 0 Å². The standard InChI is InChI=1S/C17H32O3/c1-6-9-14(16(18)11-8-3)15(10-7-2)17(19)20-12-13(4)5/h13-15H,6-12H2,1-5H3. The molecule has 2 atom stereocenters. The Balaban J connectivity index is 4.86. The van der Waals surface area contributed by atoms with E-state index in [9.17, 15) is 9.59 Å². The Morgan fingerprint density at radius 3 is 1.90 bits per heavy atom. The molecule has 0 fully saturated rings. The van der Waals surface area contributed by atoms with Gasteiger partial charge in [0.2, 0.25) is 0 Å². The minimum Gasteiger partial charge on any atom is -0.465 e. The maximum atomic E-state index is 12.3. The summed E-state index contributed by atoms with van der Waals surface area (Å²) in [6.07, 6.45) is 4.79. The van der Waals surface area contributed by atoms with Crippen molar-refractivity contribution in [1.29, 1.82) is 0 Å². The number of carbonyl (C=O) groups excluding carboxylic acids is 2. The van der Waals surface area contributed by atoms with Crippen LogP contribution < -0.4 is 0 Å². The smallest absolute Gasteiger partial charge is 0.309 e. The Labute approximate surface area is 124 Å². The molecule has 0 spiro atoms. The van der Waals surface area contributed by atoms with Crippen molar-refractivity contribution < 1.29 is 14.3 Å². The van der Waals surface area contributed by atoms with Crippen LogP contribution in [0, 0.1) is 17.8 Å². The predicted octanol–water partition coefficient (Wildman–Crippen LogP) is 4.39. The molecule has 0 saturated carbocycles. The molecule has 0 aromatic rings. The van der Waals surface area contributed by atoms with Crippen LogP contribution in [0.4, 0.5) is 0 Å². The Morgan fingerprint density at radius 2 is 1.45 bits per heavy atom. The molecule has 118 valence electrons. The normalized spacial score (nSPS) is 14.1. The van der Waals surface area contributed by atoms with Gasteiger partial charge >= 0.3 is 5.97 Å². The minimum atomic E-state index is -0.252. The van der Waals surface area contributed by atoms with Crippen molar-refractivity contribution in [2.24, 2.45) is 17.8 Å². The van der Waals surface area contributed by atoms with Crippen molar-refractivity contribution in [2.75, 3.05) is 6.61 Å². The van der Waals surface area contributed by atoms with E-state index in [1.807, 2.05) is 20.8 Å². The molecule has 0 aromatic carbocycles. The van der Waals surface area contributed by atoms with Gasteiger partial charge in [-0.1, -0.05) is 47.5 Å². The molecule has 0 rings (SSSR count). The summed E-state index contributed by atoms with van der Waals surface area (Å²) in [4.78, 5) is 24.6. The number of hydrogen-bond acceptors (Lipinski definition) is 3. The van der Waals surface area contributed by atoms with Crippen molar-refractivity contribution in [3.63, 3.8) is 0 Å². The minimum absolute atomic E-state index is 0.153. The molecular formula is C17H32O3. The third kappa shape index (κ3) is 7.06. The van der Waals surface area contributed by atoms with Gasteiger partial charge in [-0.2, -0.15) is 0 Å². The van der Waals surface area contributed by atoms with Gasteiger partial charge in [-0.05, 0) is 25.2 Å². The quantitative estimate of drug-likeness (QED) is 0.529. The Kier molecular flexibility index (Phi) is 10.4. The highest BCUT2D eigenvalue weighted by atomic mass is 16.5. The van der Waals surface area contributed by atoms with E-state index in [4.69, 9.17) is 4.74 Å². The fourth-order valence-corrected chi connectivity index (χ4v) is 2.48. The molecule has 2 unspecified atom stereocenters. The molecule has 3 heteroatoms. The van der Waals surface area contributed by atoms with Crippen molar-refractivity contribution in [3.05, 3.63) is 0 Å². The molecule has 3 nitrogen and oxygen atoms in total. The largest absolute Gasteiger partial charge is 0.465 e. The third-order valence-electron chi connectivity index (χ3n) is 3.46. The first-order chi connectivity index (χ1) is 9.47. The molecule has 0 aliphatic heterocycles. The van der Waals surface area contributed by atoms with Crippen LogP contribution in [0.25, 0.3) is 0 Å². The van der Waals surface area contributed by atoms with E-state index < -0.39 is 0 Å². The highest BCUT2D eigenvalue weighted by Crippen LogP contribution is 2.26. The number of ketones is 1. The Hall–Kier alpha value is -0.860. The summed E-state index contributed by atoms with van der Waals surface area (Å²) >= 11 is 0. The summed E-state index contributed by atoms with van der Waals surface area (Å²) in [6, 6.07) is 0. The maximum Gasteiger partial charge on any atom is 0.309 e. The lowest BCUT2D eigenvalue weighted by Crippen LogP contribution is -2.32. The third-order valence-corrected chi connectivity index (χ3v) is 3.46. The fourth-order valence-electron chi connectivity index (χ4n) is 2.48. The van der Waals surface area contributed by atoms with Gasteiger partial charge in [0.25, 0.3) is 0 Å². The van der Waals surface area contributed by atoms with E-state index in [1.165, 1.54) is 0 Å². The summed E-state index contributed by atoms with van der Waals surface area (Å²) in [6.45, 7) is 10.6. The monoisotopic (exact) mass is 284 g/mol. The molecule has 0 aromatic heterocycles. The second-order valence-corrected chi connectivity index (χ2v) is 6.03. The first-order valence-electron chi connectivity index (χ1n) is 8.17. The van der Waals surface area contributed by atoms with E-state index >= 15 is 0 Å². The van der Waals surface area contributed by atoms with Gasteiger partial charge in [-0.3, -0.25) is 9.59 Å². The first-order valence-corrected chi connectivity index (χ1v) is 8.17. The highest BCUT2D eigenvalue weighted by Gasteiger charge is 2.32. The zero-order valence-corrected chi connectivity index (χ0v) is 13.9. The van der Waals surface area contributed by atoms with Crippen LogP contribution in [0.15, 0.2) is 0 Å². The van der Waals surface area contributed by atoms with Gasteiger partial charge < -0.3 is 4.74 Å². The second-order valence-electron chi connectivity index (χ2n) is 6.03. The topological polar surface area (TPSA) is 43.4 Å². The molecule has 0 radical (unpaired) electrons. The summed E-state index contributed by atoms with van der Waals surface area (Å²) in [5.41, 5.74) is 0. The molecule has 0 aliphatic rings. The van der Waals surface area contributed by atoms with Gasteiger partial charge in [0.15, 0.2) is 0 Å². The summed E-state index contributed by atoms with van der Waals surface area (Å²) < 4.78 is 5.38. The molecular weight excluding hydrogens is 252 g/mol. The van der Waals surface area contributed by atoms with E-state index in [2.05, 4.69) is 13.8 Å². The van der Waals surface area contributed by atoms with Gasteiger partial charge in [-0.15, -0.1) is 0 Å². The number of ether oxygens (including phenoxy) is 1. The van der Waals surface area contributed by atoms with Crippen LogP contribution in [0.2, 0.25) is 0 Å². The van der Waals surface area contributed by atoms with Crippen LogP contribution in [0.3, 0.4) is 0 Å². The lowest BCUT2D eigenvalue weighted by molar-refractivity contribution is -0.154. The summed E-state index contributed by atoms with van der Waals surface area (Å²) in [5.74, 6) is -0.0211. The van der Waals surface area contributed by atoms with E-state index in [0.29, 0.717) is 18.9 Å². The van der Waals surface area contributed by atoms with E-state index in [-0.39, 0.29) is 23.6 Å². The Morgan fingerprint density at radius 1 is 0.900 bits per heavy atom. The van der Waals surface area contributed by atoms with Crippen molar-refractivity contribution >= 4 is 11.8 Å². The average molecular weight is 284 g/mol. The van der Waals surface area contributed by atoms with Crippen LogP contribution in [0.1, 0.15) is 73.1 Å². The van der Waals surface area contributed by atoms with Crippen molar-refractivity contribution in [2.45, 2.75) is 73.1 Å². The van der Waals surface area contributed by atoms with Crippen LogP contribution in [-0.2, 0) is 14.3 Å². The zero-order chi connectivity index (χ0) is 15.5. The van der Waals surface area contributed by atoms with Gasteiger partial charge in [0.05, 0.1) is 12.5 Å². The number of esters is 1. The lowest BCUT2D eigenvalue weighted by Gasteiger charge is -2.24. The van der Waals surface area contributed by atoms with Gasteiger partial charge in [0, 0.05) is 12.3 Å². The number of rotatable bonds is 11. The number of Topliss-reactive ketones (excluding diaryl/α,β-unsaturated/α-hetero) is 1. The van der Waals surface area contributed by atoms with Gasteiger partial charge in [-0.25, -0.2) is 0 Å². The molecule has 0 heterocycles. The summed E-state index contributed by atoms with van der Waals surface area (Å²) in [7, 11) is 0. The van der Waals surface area contributed by atoms with Gasteiger partial charge in [0.1, 0.15) is 5.78 Å². The molecule has 0 amide bonds. The van der Waals surface area contributed by atoms with Crippen LogP contribution in [-0.4, -0.2) is 18.4 Å². The van der Waals surface area contributed by atoms with E-state index in [1.54, 1.807) is 0 Å². The highest BCUT2D eigenvalue weighted by molar-refractivity contribution is 5.86. The molecule has 0 N–H and O–H groups in total. The van der Waals surface area contributed by atoms with Crippen LogP contribution in [0.5, 0.6) is 0 Å². The maximum absolute atomic E-state index is 12.3. The SMILES string of the molecule is CCCC(=O)C(CCC)C(CCC)C(=O)OCC(C)C. The first kappa shape index (κ1) is 19.1. The average Bonchev–Trinajstić information content (AvgIpc) is 2.40. The molecule has 0 bridgehead atoms. The lowest BCUT2D eigenvalue weighted by atomic mass is 9.81. The Bertz CT molecular complexity index is 284. The van der Waals surface area contributed by atoms with Crippen molar-refractivity contribution in [3.8, 4) is 0 Å². The second kappa shape index (κ2) is 10.9. The summed E-state index contributed by atoms with van der Waals surface area (Å²) in [5, 5.41) is 0. The zero-order valence-electron chi connectivity index (χ0n) is 13.9. The number of carbonyl (C=O) groups is 2. The number of hydrogen-bond donors (Lipinski definition) is 0. The predicted molar refractivity (Wildman–Crippen MR) is 82.5 cm³/mol. The fraction of sp³-hybridized carbons (Fsp3) is 0.882.